The molecular formula is C20H21NO4. The molecule has 0 N–H and O–H groups in total. The van der Waals surface area contributed by atoms with Crippen LogP contribution in [0.2, 0.25) is 0 Å². The maximum absolute atomic E-state index is 12.6. The van der Waals surface area contributed by atoms with Crippen molar-refractivity contribution in [2.24, 2.45) is 0 Å². The lowest BCUT2D eigenvalue weighted by Crippen LogP contribution is -2.26. The van der Waals surface area contributed by atoms with E-state index in [0.717, 1.165) is 30.6 Å². The smallest absolute Gasteiger partial charge is 0.345 e. The van der Waals surface area contributed by atoms with E-state index >= 15 is 0 Å². The molecule has 1 unspecified atom stereocenters. The average molecular weight is 339 g/mol. The number of fused-ring (bicyclic) bond motifs is 1. The third-order valence-corrected chi connectivity index (χ3v) is 5.20. The molecule has 1 aromatic heterocycles. The highest BCUT2D eigenvalue weighted by Crippen LogP contribution is 2.40. The third kappa shape index (κ3) is 2.73. The second kappa shape index (κ2) is 5.76. The fourth-order valence-electron chi connectivity index (χ4n) is 3.50. The molecule has 1 aliphatic carbocycles. The standard InChI is InChI=1S/C20H21NO4/c1-20(11-9-13-3-7-15(24-2)8-4-13)16-10-12-21(14-5-6-14)18(22)17(16)19(23)25-20/h3-4,7-8,10,12,14H,5-6,9,11H2,1-2H3. The minimum absolute atomic E-state index is 0.210. The number of esters is 1. The zero-order chi connectivity index (χ0) is 17.6. The molecule has 2 heterocycles. The number of benzene rings is 1. The maximum Gasteiger partial charge on any atom is 0.345 e. The summed E-state index contributed by atoms with van der Waals surface area (Å²) in [7, 11) is 1.64. The Morgan fingerprint density at radius 2 is 1.92 bits per heavy atom. The molecule has 2 aliphatic rings. The van der Waals surface area contributed by atoms with Crippen molar-refractivity contribution in [2.75, 3.05) is 7.11 Å². The van der Waals surface area contributed by atoms with Gasteiger partial charge >= 0.3 is 5.97 Å². The number of nitrogens with zero attached hydrogens (tertiary/aromatic N) is 1. The lowest BCUT2D eigenvalue weighted by Gasteiger charge is -2.24. The summed E-state index contributed by atoms with van der Waals surface area (Å²) in [6, 6.07) is 9.97. The Labute approximate surface area is 146 Å². The molecule has 2 aromatic rings. The SMILES string of the molecule is COc1ccc(CCC2(C)OC(=O)c3c2ccn(C2CC2)c3=O)cc1. The van der Waals surface area contributed by atoms with Gasteiger partial charge in [-0.3, -0.25) is 4.79 Å². The molecule has 0 spiro atoms. The Hall–Kier alpha value is -2.56. The number of hydrogen-bond acceptors (Lipinski definition) is 4. The molecule has 25 heavy (non-hydrogen) atoms. The van der Waals surface area contributed by atoms with Crippen LogP contribution in [-0.4, -0.2) is 17.6 Å². The molecule has 130 valence electrons. The van der Waals surface area contributed by atoms with Gasteiger partial charge in [-0.15, -0.1) is 0 Å². The average Bonchev–Trinajstić information content (AvgIpc) is 3.41. The van der Waals surface area contributed by atoms with Gasteiger partial charge in [-0.25, -0.2) is 4.79 Å². The van der Waals surface area contributed by atoms with Crippen LogP contribution in [0.3, 0.4) is 0 Å². The first-order valence-electron chi connectivity index (χ1n) is 8.64. The van der Waals surface area contributed by atoms with Gasteiger partial charge in [-0.05, 0) is 56.4 Å². The number of aromatic nitrogens is 1. The van der Waals surface area contributed by atoms with Gasteiger partial charge in [-0.2, -0.15) is 0 Å². The third-order valence-electron chi connectivity index (χ3n) is 5.20. The number of rotatable bonds is 5. The Kier molecular flexibility index (Phi) is 3.67. The molecule has 1 atom stereocenters. The second-order valence-electron chi connectivity index (χ2n) is 7.02. The molecule has 0 bridgehead atoms. The first kappa shape index (κ1) is 15.9. The number of aryl methyl sites for hydroxylation is 1. The topological polar surface area (TPSA) is 57.5 Å². The van der Waals surface area contributed by atoms with E-state index in [1.54, 1.807) is 11.7 Å². The number of pyridine rings is 1. The highest BCUT2D eigenvalue weighted by Gasteiger charge is 2.44. The van der Waals surface area contributed by atoms with Crippen molar-refractivity contribution in [3.63, 3.8) is 0 Å². The van der Waals surface area contributed by atoms with Crippen molar-refractivity contribution in [1.29, 1.82) is 0 Å². The van der Waals surface area contributed by atoms with E-state index in [4.69, 9.17) is 9.47 Å². The minimum atomic E-state index is -0.756. The number of cyclic esters (lactones) is 1. The molecule has 5 heteroatoms. The van der Waals surface area contributed by atoms with E-state index in [0.29, 0.717) is 12.0 Å². The molecule has 1 aliphatic heterocycles. The summed E-state index contributed by atoms with van der Waals surface area (Å²) in [6.07, 6.45) is 5.20. The summed E-state index contributed by atoms with van der Waals surface area (Å²) in [6.45, 7) is 1.89. The van der Waals surface area contributed by atoms with E-state index in [2.05, 4.69) is 0 Å². The predicted octanol–water partition coefficient (Wildman–Crippen LogP) is 3.21. The highest BCUT2D eigenvalue weighted by molar-refractivity contribution is 5.94. The largest absolute Gasteiger partial charge is 0.497 e. The first-order chi connectivity index (χ1) is 12.0. The van der Waals surface area contributed by atoms with E-state index in [1.165, 1.54) is 0 Å². The molecule has 1 fully saturated rings. The highest BCUT2D eigenvalue weighted by atomic mass is 16.6. The summed E-state index contributed by atoms with van der Waals surface area (Å²) in [4.78, 5) is 25.0. The monoisotopic (exact) mass is 339 g/mol. The molecular weight excluding hydrogens is 318 g/mol. The van der Waals surface area contributed by atoms with Crippen molar-refractivity contribution in [1.82, 2.24) is 4.57 Å². The van der Waals surface area contributed by atoms with Gasteiger partial charge in [0.05, 0.1) is 7.11 Å². The van der Waals surface area contributed by atoms with Crippen LogP contribution in [-0.2, 0) is 16.8 Å². The van der Waals surface area contributed by atoms with Crippen LogP contribution in [0.15, 0.2) is 41.3 Å². The minimum Gasteiger partial charge on any atom is -0.497 e. The summed E-state index contributed by atoms with van der Waals surface area (Å²) in [5.41, 5.74) is 1.10. The summed E-state index contributed by atoms with van der Waals surface area (Å²) < 4.78 is 12.5. The van der Waals surface area contributed by atoms with Gasteiger partial charge in [0.1, 0.15) is 16.9 Å². The molecule has 1 aromatic carbocycles. The van der Waals surface area contributed by atoms with Crippen molar-refractivity contribution in [2.45, 2.75) is 44.2 Å². The van der Waals surface area contributed by atoms with E-state index in [9.17, 15) is 9.59 Å². The molecule has 5 nitrogen and oxygen atoms in total. The molecule has 4 rings (SSSR count). The predicted molar refractivity (Wildman–Crippen MR) is 93.1 cm³/mol. The second-order valence-corrected chi connectivity index (χ2v) is 7.02. The van der Waals surface area contributed by atoms with E-state index in [1.807, 2.05) is 43.5 Å². The van der Waals surface area contributed by atoms with Gasteiger partial charge in [0.2, 0.25) is 0 Å². The van der Waals surface area contributed by atoms with Crippen LogP contribution in [0, 0.1) is 0 Å². The maximum atomic E-state index is 12.6. The normalized spacial score (nSPS) is 21.8. The van der Waals surface area contributed by atoms with Crippen molar-refractivity contribution >= 4 is 5.97 Å². The zero-order valence-corrected chi connectivity index (χ0v) is 14.5. The van der Waals surface area contributed by atoms with Gasteiger partial charge < -0.3 is 14.0 Å². The first-order valence-corrected chi connectivity index (χ1v) is 8.64. The van der Waals surface area contributed by atoms with E-state index < -0.39 is 11.6 Å². The van der Waals surface area contributed by atoms with Gasteiger partial charge in [-0.1, -0.05) is 12.1 Å². The van der Waals surface area contributed by atoms with Gasteiger partial charge in [0.25, 0.3) is 5.56 Å². The summed E-state index contributed by atoms with van der Waals surface area (Å²) in [5.74, 6) is 0.320. The summed E-state index contributed by atoms with van der Waals surface area (Å²) in [5, 5.41) is 0. The van der Waals surface area contributed by atoms with Crippen LogP contribution in [0.25, 0.3) is 0 Å². The quantitative estimate of drug-likeness (QED) is 0.785. The van der Waals surface area contributed by atoms with E-state index in [-0.39, 0.29) is 17.2 Å². The molecule has 0 amide bonds. The Morgan fingerprint density at radius 1 is 1.20 bits per heavy atom. The van der Waals surface area contributed by atoms with Gasteiger partial charge in [0, 0.05) is 17.8 Å². The molecule has 0 saturated heterocycles. The number of carbonyl (C=O) groups is 1. The number of ether oxygens (including phenoxy) is 2. The number of methoxy groups -OCH3 is 1. The van der Waals surface area contributed by atoms with Crippen LogP contribution in [0.5, 0.6) is 5.75 Å². The fourth-order valence-corrected chi connectivity index (χ4v) is 3.50. The molecule has 1 saturated carbocycles. The van der Waals surface area contributed by atoms with Crippen LogP contribution in [0.4, 0.5) is 0 Å². The van der Waals surface area contributed by atoms with Crippen molar-refractivity contribution in [3.8, 4) is 5.75 Å². The van der Waals surface area contributed by atoms with Crippen LogP contribution < -0.4 is 10.3 Å². The fraction of sp³-hybridized carbons (Fsp3) is 0.400. The van der Waals surface area contributed by atoms with Crippen molar-refractivity contribution in [3.05, 3.63) is 63.6 Å². The van der Waals surface area contributed by atoms with Crippen LogP contribution >= 0.6 is 0 Å². The Balaban J connectivity index is 1.59. The Bertz CT molecular complexity index is 880. The van der Waals surface area contributed by atoms with Crippen molar-refractivity contribution < 1.29 is 14.3 Å². The lowest BCUT2D eigenvalue weighted by molar-refractivity contribution is -0.00292. The number of hydrogen-bond donors (Lipinski definition) is 0. The molecule has 0 radical (unpaired) electrons. The number of carbonyl (C=O) groups excluding carboxylic acids is 1. The lowest BCUT2D eigenvalue weighted by atomic mass is 9.89. The zero-order valence-electron chi connectivity index (χ0n) is 14.5. The van der Waals surface area contributed by atoms with Crippen LogP contribution in [0.1, 0.15) is 53.7 Å². The Morgan fingerprint density at radius 3 is 2.56 bits per heavy atom. The van der Waals surface area contributed by atoms with Gasteiger partial charge in [0.15, 0.2) is 0 Å². The summed E-state index contributed by atoms with van der Waals surface area (Å²) >= 11 is 0.